The summed E-state index contributed by atoms with van der Waals surface area (Å²) in [6, 6.07) is 87.0. The molecule has 2 heterocycles. The first-order valence-electron chi connectivity index (χ1n) is 22.5. The standard InChI is InChI=1S/C63H42N2/c1-3-15-41(16-4-1)33-50-36-48-30-29-45(37-56(48)53-24-8-7-23-52(50)53)42-17-13-19-44(34-42)49-39-57(63-59(40-49)54-25-9-11-27-60(54)64-63)47-20-14-18-43(35-47)46-31-32-62-58(38-46)55-26-10-12-28-61(55)65(62)51-21-5-2-6-22-51/h1-32,34-40,64H,33H2. The molecule has 0 saturated heterocycles. The lowest BCUT2D eigenvalue weighted by Gasteiger charge is -2.14. The Hall–Kier alpha value is -8.46. The fraction of sp³-hybridized carbons (Fsp3) is 0.0159. The number of para-hydroxylation sites is 3. The smallest absolute Gasteiger partial charge is 0.0544 e. The first-order chi connectivity index (χ1) is 32.2. The highest BCUT2D eigenvalue weighted by Crippen LogP contribution is 2.41. The Balaban J connectivity index is 0.920. The van der Waals surface area contributed by atoms with Crippen molar-refractivity contribution in [3.05, 3.63) is 248 Å². The van der Waals surface area contributed by atoms with Gasteiger partial charge >= 0.3 is 0 Å². The van der Waals surface area contributed by atoms with E-state index in [-0.39, 0.29) is 0 Å². The molecule has 0 fully saturated rings. The number of benzene rings is 11. The van der Waals surface area contributed by atoms with Gasteiger partial charge in [0, 0.05) is 38.3 Å². The molecule has 304 valence electrons. The van der Waals surface area contributed by atoms with Gasteiger partial charge in [0.2, 0.25) is 0 Å². The van der Waals surface area contributed by atoms with Gasteiger partial charge in [-0.25, -0.2) is 0 Å². The fourth-order valence-electron chi connectivity index (χ4n) is 10.4. The number of H-pyrrole nitrogens is 1. The molecule has 2 heteroatoms. The molecule has 0 amide bonds. The van der Waals surface area contributed by atoms with E-state index in [1.165, 1.54) is 115 Å². The van der Waals surface area contributed by atoms with Crippen LogP contribution in [0.2, 0.25) is 0 Å². The number of rotatable bonds is 7. The summed E-state index contributed by atoms with van der Waals surface area (Å²) in [5.41, 5.74) is 18.1. The Morgan fingerprint density at radius 1 is 0.323 bits per heavy atom. The van der Waals surface area contributed by atoms with Crippen LogP contribution in [0, 0.1) is 0 Å². The second kappa shape index (κ2) is 15.1. The fourth-order valence-corrected chi connectivity index (χ4v) is 10.4. The van der Waals surface area contributed by atoms with Crippen LogP contribution in [0.5, 0.6) is 0 Å². The van der Waals surface area contributed by atoms with Crippen molar-refractivity contribution >= 4 is 65.2 Å². The highest BCUT2D eigenvalue weighted by molar-refractivity contribution is 6.15. The third-order valence-corrected chi connectivity index (χ3v) is 13.5. The van der Waals surface area contributed by atoms with E-state index in [1.54, 1.807) is 0 Å². The second-order valence-electron chi connectivity index (χ2n) is 17.4. The van der Waals surface area contributed by atoms with Crippen molar-refractivity contribution < 1.29 is 0 Å². The van der Waals surface area contributed by atoms with Crippen LogP contribution < -0.4 is 0 Å². The van der Waals surface area contributed by atoms with Gasteiger partial charge in [-0.2, -0.15) is 0 Å². The molecule has 1 N–H and O–H groups in total. The average molecular weight is 827 g/mol. The van der Waals surface area contributed by atoms with Gasteiger partial charge in [-0.05, 0) is 145 Å². The third kappa shape index (κ3) is 6.33. The lowest BCUT2D eigenvalue weighted by atomic mass is 9.90. The molecule has 0 aliphatic heterocycles. The molecule has 0 aliphatic carbocycles. The molecule has 0 atom stereocenters. The van der Waals surface area contributed by atoms with Gasteiger partial charge in [0.1, 0.15) is 0 Å². The summed E-state index contributed by atoms with van der Waals surface area (Å²) in [6.45, 7) is 0. The molecule has 13 aromatic rings. The Labute approximate surface area is 377 Å². The van der Waals surface area contributed by atoms with Gasteiger partial charge in [-0.15, -0.1) is 0 Å². The van der Waals surface area contributed by atoms with Crippen LogP contribution in [0.3, 0.4) is 0 Å². The average Bonchev–Trinajstić information content (AvgIpc) is 3.92. The summed E-state index contributed by atoms with van der Waals surface area (Å²) in [6.07, 6.45) is 0.908. The normalized spacial score (nSPS) is 11.8. The molecule has 65 heavy (non-hydrogen) atoms. The number of nitrogens with zero attached hydrogens (tertiary/aromatic N) is 1. The van der Waals surface area contributed by atoms with Crippen molar-refractivity contribution in [3.8, 4) is 50.2 Å². The van der Waals surface area contributed by atoms with E-state index in [1.807, 2.05) is 0 Å². The van der Waals surface area contributed by atoms with Gasteiger partial charge in [0.25, 0.3) is 0 Å². The van der Waals surface area contributed by atoms with E-state index in [4.69, 9.17) is 0 Å². The first-order valence-corrected chi connectivity index (χ1v) is 22.5. The van der Waals surface area contributed by atoms with Crippen LogP contribution in [-0.4, -0.2) is 9.55 Å². The minimum Gasteiger partial charge on any atom is -0.354 e. The molecule has 0 spiro atoms. The predicted octanol–water partition coefficient (Wildman–Crippen LogP) is 17.0. The van der Waals surface area contributed by atoms with Crippen LogP contribution in [0.15, 0.2) is 237 Å². The molecule has 2 nitrogen and oxygen atoms in total. The topological polar surface area (TPSA) is 20.7 Å². The Morgan fingerprint density at radius 2 is 0.892 bits per heavy atom. The maximum Gasteiger partial charge on any atom is 0.0544 e. The number of aromatic nitrogens is 2. The minimum absolute atomic E-state index is 0.908. The van der Waals surface area contributed by atoms with E-state index in [9.17, 15) is 0 Å². The maximum atomic E-state index is 3.83. The number of nitrogens with one attached hydrogen (secondary N) is 1. The van der Waals surface area contributed by atoms with Crippen LogP contribution in [0.4, 0.5) is 0 Å². The molecule has 2 aromatic heterocycles. The van der Waals surface area contributed by atoms with Crippen molar-refractivity contribution in [2.75, 3.05) is 0 Å². The quantitative estimate of drug-likeness (QED) is 0.155. The van der Waals surface area contributed by atoms with E-state index in [2.05, 4.69) is 246 Å². The molecule has 13 rings (SSSR count). The van der Waals surface area contributed by atoms with Crippen LogP contribution >= 0.6 is 0 Å². The van der Waals surface area contributed by atoms with Gasteiger partial charge in [-0.1, -0.05) is 170 Å². The maximum absolute atomic E-state index is 3.83. The summed E-state index contributed by atoms with van der Waals surface area (Å²) < 4.78 is 2.38. The van der Waals surface area contributed by atoms with Crippen molar-refractivity contribution in [2.45, 2.75) is 6.42 Å². The minimum atomic E-state index is 0.908. The van der Waals surface area contributed by atoms with Gasteiger partial charge in [0.15, 0.2) is 0 Å². The van der Waals surface area contributed by atoms with Crippen molar-refractivity contribution in [3.63, 3.8) is 0 Å². The molecule has 0 radical (unpaired) electrons. The highest BCUT2D eigenvalue weighted by Gasteiger charge is 2.17. The molecular weight excluding hydrogens is 785 g/mol. The lowest BCUT2D eigenvalue weighted by Crippen LogP contribution is -1.92. The van der Waals surface area contributed by atoms with Crippen molar-refractivity contribution in [1.29, 1.82) is 0 Å². The third-order valence-electron chi connectivity index (χ3n) is 13.5. The van der Waals surface area contributed by atoms with E-state index >= 15 is 0 Å². The highest BCUT2D eigenvalue weighted by atomic mass is 15.0. The van der Waals surface area contributed by atoms with Gasteiger partial charge in [-0.3, -0.25) is 0 Å². The molecular formula is C63H42N2. The van der Waals surface area contributed by atoms with Crippen LogP contribution in [0.25, 0.3) is 115 Å². The number of fused-ring (bicyclic) bond motifs is 9. The summed E-state index contributed by atoms with van der Waals surface area (Å²) in [5, 5.41) is 10.1. The zero-order valence-electron chi connectivity index (χ0n) is 35.7. The van der Waals surface area contributed by atoms with E-state index in [0.29, 0.717) is 0 Å². The summed E-state index contributed by atoms with van der Waals surface area (Å²) in [4.78, 5) is 3.83. The van der Waals surface area contributed by atoms with Crippen molar-refractivity contribution in [2.24, 2.45) is 0 Å². The molecule has 0 saturated carbocycles. The molecule has 0 unspecified atom stereocenters. The van der Waals surface area contributed by atoms with Gasteiger partial charge in [0.05, 0.1) is 16.6 Å². The van der Waals surface area contributed by atoms with Gasteiger partial charge < -0.3 is 9.55 Å². The molecule has 0 aliphatic rings. The SMILES string of the molecule is c1ccc(Cc2cc3ccc(-c4cccc(-c5cc(-c6cccc(-c7ccc8c(c7)c7ccccc7n8-c7ccccc7)c6)c6[nH]c7ccccc7c6c5)c4)cc3c3ccccc23)cc1. The summed E-state index contributed by atoms with van der Waals surface area (Å²) >= 11 is 0. The number of hydrogen-bond acceptors (Lipinski definition) is 0. The predicted molar refractivity (Wildman–Crippen MR) is 276 cm³/mol. The molecule has 11 aromatic carbocycles. The largest absolute Gasteiger partial charge is 0.354 e. The van der Waals surface area contributed by atoms with E-state index in [0.717, 1.165) is 17.5 Å². The first kappa shape index (κ1) is 37.1. The Morgan fingerprint density at radius 3 is 1.69 bits per heavy atom. The number of aromatic amines is 1. The lowest BCUT2D eigenvalue weighted by molar-refractivity contribution is 1.18. The zero-order chi connectivity index (χ0) is 42.8. The molecule has 0 bridgehead atoms. The summed E-state index contributed by atoms with van der Waals surface area (Å²) in [5.74, 6) is 0. The van der Waals surface area contributed by atoms with E-state index < -0.39 is 0 Å². The summed E-state index contributed by atoms with van der Waals surface area (Å²) in [7, 11) is 0. The van der Waals surface area contributed by atoms with Crippen LogP contribution in [0.1, 0.15) is 11.1 Å². The Kier molecular flexibility index (Phi) is 8.63. The second-order valence-corrected chi connectivity index (χ2v) is 17.4. The van der Waals surface area contributed by atoms with Crippen molar-refractivity contribution in [1.82, 2.24) is 9.55 Å². The number of hydrogen-bond donors (Lipinski definition) is 1. The zero-order valence-corrected chi connectivity index (χ0v) is 35.7. The monoisotopic (exact) mass is 826 g/mol. The van der Waals surface area contributed by atoms with Crippen LogP contribution in [-0.2, 0) is 6.42 Å². The Bertz CT molecular complexity index is 3960.